The van der Waals surface area contributed by atoms with E-state index >= 15 is 0 Å². The second kappa shape index (κ2) is 7.19. The minimum atomic E-state index is 2.31. The van der Waals surface area contributed by atoms with Gasteiger partial charge in [0.15, 0.2) is 0 Å². The van der Waals surface area contributed by atoms with E-state index in [1.807, 2.05) is 0 Å². The first-order valence-electron chi connectivity index (χ1n) is 1.95. The molecule has 0 saturated carbocycles. The molecule has 0 aromatic heterocycles. The molecule has 0 N–H and O–H groups in total. The molecule has 38 valence electrons. The van der Waals surface area contributed by atoms with Crippen LogP contribution in [0.3, 0.4) is 0 Å². The molecule has 0 radical (unpaired) electrons. The Labute approximate surface area is 58.3 Å². The molecule has 0 saturated heterocycles. The summed E-state index contributed by atoms with van der Waals surface area (Å²) in [6.45, 7) is 0. The van der Waals surface area contributed by atoms with E-state index in [9.17, 15) is 0 Å². The summed E-state index contributed by atoms with van der Waals surface area (Å²) >= 11 is 0. The quantitative estimate of drug-likeness (QED) is 0.279. The first-order valence-corrected chi connectivity index (χ1v) is 2.84. The Morgan fingerprint density at radius 1 is 1.22 bits per heavy atom. The van der Waals surface area contributed by atoms with E-state index in [-0.39, 0.29) is 0 Å². The summed E-state index contributed by atoms with van der Waals surface area (Å²) in [5.41, 5.74) is 14.3. The molecule has 0 aliphatic carbocycles. The van der Waals surface area contributed by atoms with Crippen LogP contribution >= 0.6 is 17.6 Å². The summed E-state index contributed by atoms with van der Waals surface area (Å²) in [4.78, 5) is 0. The zero-order chi connectivity index (χ0) is 6.95. The van der Waals surface area contributed by atoms with Gasteiger partial charge in [-0.15, -0.1) is 0 Å². The minimum absolute atomic E-state index is 2.31. The van der Waals surface area contributed by atoms with Crippen LogP contribution in [0.1, 0.15) is 0 Å². The van der Waals surface area contributed by atoms with Crippen molar-refractivity contribution in [3.05, 3.63) is 29.0 Å². The van der Waals surface area contributed by atoms with Crippen LogP contribution in [0.5, 0.6) is 0 Å². The summed E-state index contributed by atoms with van der Waals surface area (Å²) in [5.74, 6) is 0. The van der Waals surface area contributed by atoms with Crippen LogP contribution in [0.2, 0.25) is 0 Å². The Hall–Kier alpha value is -0.810. The Bertz CT molecular complexity index is 301. The molecule has 0 nitrogen and oxygen atoms in total. The van der Waals surface area contributed by atoms with Gasteiger partial charge >= 0.3 is 57.6 Å². The molecule has 0 rings (SSSR count). The predicted molar refractivity (Wildman–Crippen MR) is 40.0 cm³/mol. The van der Waals surface area contributed by atoms with Gasteiger partial charge in [-0.1, -0.05) is 0 Å². The van der Waals surface area contributed by atoms with Crippen molar-refractivity contribution >= 4 is 23.0 Å². The van der Waals surface area contributed by atoms with E-state index in [1.54, 1.807) is 0 Å². The van der Waals surface area contributed by atoms with Crippen LogP contribution in [-0.4, -0.2) is 5.45 Å². The van der Waals surface area contributed by atoms with Crippen LogP contribution in [0, 0.1) is 11.7 Å². The maximum atomic E-state index is 3.60. The third-order valence-electron chi connectivity index (χ3n) is 0.362. The molecule has 0 fully saturated rings. The van der Waals surface area contributed by atoms with Crippen LogP contribution < -0.4 is 0 Å². The van der Waals surface area contributed by atoms with Gasteiger partial charge in [-0.3, -0.25) is 0 Å². The Morgan fingerprint density at radius 3 is 2.56 bits per heavy atom. The van der Waals surface area contributed by atoms with E-state index in [0.717, 1.165) is 0 Å². The van der Waals surface area contributed by atoms with Crippen LogP contribution in [-0.2, 0) is 0 Å². The molecule has 0 amide bonds. The standard InChI is InChI=1S/C7P2/c8-6-4-2-1-3-5-7-9. The van der Waals surface area contributed by atoms with Gasteiger partial charge in [-0.25, -0.2) is 0 Å². The van der Waals surface area contributed by atoms with Crippen molar-refractivity contribution in [1.29, 1.82) is 0 Å². The third-order valence-corrected chi connectivity index (χ3v) is 0.585. The van der Waals surface area contributed by atoms with Gasteiger partial charge in [0.05, 0.1) is 0 Å². The van der Waals surface area contributed by atoms with Gasteiger partial charge in [-0.05, 0) is 0 Å². The summed E-state index contributed by atoms with van der Waals surface area (Å²) in [6.07, 6.45) is 2.41. The Kier molecular flexibility index (Phi) is 6.54. The molecule has 0 spiro atoms. The third kappa shape index (κ3) is 7.19. The Balaban J connectivity index is 4.76. The van der Waals surface area contributed by atoms with Crippen molar-refractivity contribution in [2.75, 3.05) is 0 Å². The fourth-order valence-corrected chi connectivity index (χ4v) is 0.261. The van der Waals surface area contributed by atoms with Gasteiger partial charge in [0.2, 0.25) is 0 Å². The molecule has 0 unspecified atom stereocenters. The summed E-state index contributed by atoms with van der Waals surface area (Å²) in [5, 5.41) is 0. The average Bonchev–Trinajstić information content (AvgIpc) is 1.89. The molecule has 9 heavy (non-hydrogen) atoms. The predicted octanol–water partition coefficient (Wildman–Crippen LogP) is 2.15. The monoisotopic (exact) mass is 146 g/mol. The number of allylic oxidation sites excluding steroid dienone is 1. The first-order chi connectivity index (χ1) is 4.41. The van der Waals surface area contributed by atoms with E-state index in [1.165, 1.54) is 0 Å². The first kappa shape index (κ1) is 8.19. The second-order valence-corrected chi connectivity index (χ2v) is 1.30. The van der Waals surface area contributed by atoms with Crippen molar-refractivity contribution in [2.45, 2.75) is 0 Å². The topological polar surface area (TPSA) is 0 Å². The molecule has 0 aliphatic heterocycles. The van der Waals surface area contributed by atoms with E-state index in [2.05, 4.69) is 57.6 Å². The molecule has 0 heterocycles. The van der Waals surface area contributed by atoms with E-state index < -0.39 is 0 Å². The van der Waals surface area contributed by atoms with Gasteiger partial charge in [0, 0.05) is 0 Å². The molecule has 0 atom stereocenters. The summed E-state index contributed by atoms with van der Waals surface area (Å²) < 4.78 is 0. The molecule has 0 aromatic carbocycles. The normalized spacial score (nSPS) is 3.44. The number of rotatable bonds is 0. The summed E-state index contributed by atoms with van der Waals surface area (Å²) in [6, 6.07) is 0. The van der Waals surface area contributed by atoms with Gasteiger partial charge in [-0.2, -0.15) is 0 Å². The number of hydrogen-bond donors (Lipinski definition) is 0. The molecular weight excluding hydrogens is 146 g/mol. The van der Waals surface area contributed by atoms with Gasteiger partial charge < -0.3 is 0 Å². The van der Waals surface area contributed by atoms with Crippen molar-refractivity contribution in [2.24, 2.45) is 0 Å². The van der Waals surface area contributed by atoms with Gasteiger partial charge in [0.25, 0.3) is 0 Å². The SMILES string of the molecule is P#C[C+]=C=C=C=C=C=[P-]. The Morgan fingerprint density at radius 2 is 2.00 bits per heavy atom. The average molecular weight is 146 g/mol. The molecule has 2 heteroatoms. The fourth-order valence-electron chi connectivity index (χ4n) is 0.150. The van der Waals surface area contributed by atoms with Crippen molar-refractivity contribution < 1.29 is 0 Å². The van der Waals surface area contributed by atoms with E-state index in [0.29, 0.717) is 0 Å². The molecule has 0 aliphatic rings. The van der Waals surface area contributed by atoms with Crippen LogP contribution in [0.25, 0.3) is 0 Å². The van der Waals surface area contributed by atoms with Crippen LogP contribution in [0.4, 0.5) is 0 Å². The zero-order valence-corrected chi connectivity index (χ0v) is 6.18. The second-order valence-electron chi connectivity index (χ2n) is 0.849. The molecule has 0 bridgehead atoms. The zero-order valence-electron chi connectivity index (χ0n) is 4.39. The van der Waals surface area contributed by atoms with Crippen molar-refractivity contribution in [1.82, 2.24) is 0 Å². The fraction of sp³-hybridized carbons (Fsp3) is 0. The summed E-state index contributed by atoms with van der Waals surface area (Å²) in [7, 11) is 7.21. The molecule has 0 aromatic rings. The van der Waals surface area contributed by atoms with Gasteiger partial charge in [0.1, 0.15) is 0 Å². The van der Waals surface area contributed by atoms with Crippen molar-refractivity contribution in [3.63, 3.8) is 0 Å². The number of hydrogen-bond acceptors (Lipinski definition) is 0. The molecular formula is C7P2. The van der Waals surface area contributed by atoms with Crippen LogP contribution in [0.15, 0.2) is 22.9 Å². The van der Waals surface area contributed by atoms with E-state index in [4.69, 9.17) is 0 Å². The van der Waals surface area contributed by atoms with Crippen molar-refractivity contribution in [3.8, 4) is 5.63 Å². The maximum absolute atomic E-state index is 3.60.